The summed E-state index contributed by atoms with van der Waals surface area (Å²) >= 11 is 0. The fourth-order valence-electron chi connectivity index (χ4n) is 3.19. The fraction of sp³-hybridized carbons (Fsp3) is 0.684. The van der Waals surface area contributed by atoms with Crippen molar-refractivity contribution in [2.45, 2.75) is 73.4 Å². The van der Waals surface area contributed by atoms with Gasteiger partial charge in [0.15, 0.2) is 0 Å². The average Bonchev–Trinajstić information content (AvgIpc) is 2.28. The van der Waals surface area contributed by atoms with Crippen LogP contribution in [0.1, 0.15) is 65.5 Å². The molecule has 1 nitrogen and oxygen atoms in total. The predicted molar refractivity (Wildman–Crippen MR) is 90.0 cm³/mol. The van der Waals surface area contributed by atoms with Crippen LogP contribution in [0.3, 0.4) is 0 Å². The summed E-state index contributed by atoms with van der Waals surface area (Å²) in [6.45, 7) is 18.4. The van der Waals surface area contributed by atoms with E-state index >= 15 is 0 Å². The van der Waals surface area contributed by atoms with E-state index in [0.717, 1.165) is 13.1 Å². The molecule has 1 aromatic rings. The third kappa shape index (κ3) is 5.66. The zero-order valence-corrected chi connectivity index (χ0v) is 14.6. The van der Waals surface area contributed by atoms with Crippen LogP contribution in [0.4, 0.5) is 0 Å². The van der Waals surface area contributed by atoms with Gasteiger partial charge in [0.1, 0.15) is 0 Å². The van der Waals surface area contributed by atoms with Gasteiger partial charge < -0.3 is 0 Å². The van der Waals surface area contributed by atoms with E-state index in [9.17, 15) is 0 Å². The number of hydrogen-bond donors (Lipinski definition) is 0. The largest absolute Gasteiger partial charge is 0.294 e. The second-order valence-corrected chi connectivity index (χ2v) is 7.96. The van der Waals surface area contributed by atoms with Crippen LogP contribution in [-0.4, -0.2) is 17.0 Å². The van der Waals surface area contributed by atoms with E-state index in [1.54, 1.807) is 0 Å². The molecule has 0 fully saturated rings. The molecule has 0 saturated heterocycles. The molecule has 114 valence electrons. The Labute approximate surface area is 126 Å². The molecule has 0 saturated carbocycles. The number of benzene rings is 1. The van der Waals surface area contributed by atoms with E-state index in [-0.39, 0.29) is 5.54 Å². The van der Waals surface area contributed by atoms with Crippen molar-refractivity contribution in [1.29, 1.82) is 0 Å². The minimum Gasteiger partial charge on any atom is -0.294 e. The normalized spacial score (nSPS) is 13.0. The molecule has 0 unspecified atom stereocenters. The smallest absolute Gasteiger partial charge is 0.0239 e. The minimum absolute atomic E-state index is 0.235. The van der Waals surface area contributed by atoms with E-state index in [1.165, 1.54) is 24.0 Å². The summed E-state index contributed by atoms with van der Waals surface area (Å²) in [5.74, 6) is 0. The molecule has 0 spiro atoms. The molecular weight excluding hydrogens is 242 g/mol. The molecule has 20 heavy (non-hydrogen) atoms. The Morgan fingerprint density at radius 3 is 1.95 bits per heavy atom. The van der Waals surface area contributed by atoms with E-state index < -0.39 is 0 Å². The van der Waals surface area contributed by atoms with E-state index in [0.29, 0.717) is 5.41 Å². The van der Waals surface area contributed by atoms with E-state index in [2.05, 4.69) is 77.6 Å². The zero-order valence-electron chi connectivity index (χ0n) is 14.6. The molecule has 0 atom stereocenters. The lowest BCUT2D eigenvalue weighted by Crippen LogP contribution is -2.46. The van der Waals surface area contributed by atoms with Crippen LogP contribution in [0.2, 0.25) is 0 Å². The molecule has 1 rings (SSSR count). The summed E-state index contributed by atoms with van der Waals surface area (Å²) in [4.78, 5) is 2.64. The molecule has 0 amide bonds. The van der Waals surface area contributed by atoms with Crippen molar-refractivity contribution in [3.05, 3.63) is 35.4 Å². The van der Waals surface area contributed by atoms with Gasteiger partial charge in [0, 0.05) is 12.1 Å². The third-order valence-corrected chi connectivity index (χ3v) is 3.81. The molecule has 0 N–H and O–H groups in total. The predicted octanol–water partition coefficient (Wildman–Crippen LogP) is 5.42. The first kappa shape index (κ1) is 17.2. The lowest BCUT2D eigenvalue weighted by atomic mass is 9.80. The Balaban J connectivity index is 2.84. The molecular formula is C19H33N. The highest BCUT2D eigenvalue weighted by Crippen LogP contribution is 2.32. The summed E-state index contributed by atoms with van der Waals surface area (Å²) in [5, 5.41) is 0. The summed E-state index contributed by atoms with van der Waals surface area (Å²) in [6.07, 6.45) is 2.42. The van der Waals surface area contributed by atoms with Crippen LogP contribution in [0, 0.1) is 12.3 Å². The first-order chi connectivity index (χ1) is 9.14. The van der Waals surface area contributed by atoms with Crippen molar-refractivity contribution in [3.63, 3.8) is 0 Å². The minimum atomic E-state index is 0.235. The lowest BCUT2D eigenvalue weighted by Gasteiger charge is -2.42. The zero-order chi connectivity index (χ0) is 15.4. The molecule has 1 heteroatoms. The maximum Gasteiger partial charge on any atom is 0.0239 e. The number of nitrogens with zero attached hydrogens (tertiary/aromatic N) is 1. The Hall–Kier alpha value is -0.820. The van der Waals surface area contributed by atoms with Crippen molar-refractivity contribution in [2.75, 3.05) is 6.54 Å². The van der Waals surface area contributed by atoms with E-state index in [1.807, 2.05) is 0 Å². The molecule has 0 aromatic heterocycles. The summed E-state index contributed by atoms with van der Waals surface area (Å²) in [7, 11) is 0. The average molecular weight is 275 g/mol. The highest BCUT2D eigenvalue weighted by atomic mass is 15.2. The van der Waals surface area contributed by atoms with Crippen molar-refractivity contribution >= 4 is 0 Å². The van der Waals surface area contributed by atoms with Gasteiger partial charge in [-0.2, -0.15) is 0 Å². The first-order valence-corrected chi connectivity index (χ1v) is 7.95. The van der Waals surface area contributed by atoms with Crippen molar-refractivity contribution in [2.24, 2.45) is 5.41 Å². The molecule has 0 heterocycles. The second kappa shape index (κ2) is 6.76. The van der Waals surface area contributed by atoms with Crippen molar-refractivity contribution in [1.82, 2.24) is 4.90 Å². The van der Waals surface area contributed by atoms with E-state index in [4.69, 9.17) is 0 Å². The standard InChI is InChI=1S/C19H33N/c1-8-13-20(19(6,7)15-18(3,4)5)14-17-11-9-16(2)10-12-17/h9-12H,8,13-15H2,1-7H3. The van der Waals surface area contributed by atoms with Crippen LogP contribution >= 0.6 is 0 Å². The Kier molecular flexibility index (Phi) is 5.82. The van der Waals surface area contributed by atoms with Crippen LogP contribution in [0.25, 0.3) is 0 Å². The van der Waals surface area contributed by atoms with Crippen molar-refractivity contribution < 1.29 is 0 Å². The Morgan fingerprint density at radius 2 is 1.50 bits per heavy atom. The molecule has 0 aliphatic carbocycles. The van der Waals surface area contributed by atoms with Gasteiger partial charge in [0.25, 0.3) is 0 Å². The lowest BCUT2D eigenvalue weighted by molar-refractivity contribution is 0.0696. The van der Waals surface area contributed by atoms with Crippen molar-refractivity contribution in [3.8, 4) is 0 Å². The van der Waals surface area contributed by atoms with Crippen LogP contribution in [-0.2, 0) is 6.54 Å². The highest BCUT2D eigenvalue weighted by molar-refractivity contribution is 5.21. The SMILES string of the molecule is CCCN(Cc1ccc(C)cc1)C(C)(C)CC(C)(C)C. The first-order valence-electron chi connectivity index (χ1n) is 7.95. The highest BCUT2D eigenvalue weighted by Gasteiger charge is 2.30. The van der Waals surface area contributed by atoms with Gasteiger partial charge in [0.05, 0.1) is 0 Å². The van der Waals surface area contributed by atoms with Gasteiger partial charge in [-0.3, -0.25) is 4.90 Å². The Bertz CT molecular complexity index is 395. The molecule has 0 aliphatic heterocycles. The van der Waals surface area contributed by atoms with Crippen LogP contribution < -0.4 is 0 Å². The van der Waals surface area contributed by atoms with Crippen LogP contribution in [0.15, 0.2) is 24.3 Å². The van der Waals surface area contributed by atoms with Gasteiger partial charge in [0.2, 0.25) is 0 Å². The molecule has 0 aliphatic rings. The summed E-state index contributed by atoms with van der Waals surface area (Å²) < 4.78 is 0. The van der Waals surface area contributed by atoms with Gasteiger partial charge in [-0.05, 0) is 51.1 Å². The molecule has 1 aromatic carbocycles. The monoisotopic (exact) mass is 275 g/mol. The molecule has 0 radical (unpaired) electrons. The van der Waals surface area contributed by atoms with Crippen LogP contribution in [0.5, 0.6) is 0 Å². The maximum atomic E-state index is 2.64. The second-order valence-electron chi connectivity index (χ2n) is 7.96. The number of hydrogen-bond acceptors (Lipinski definition) is 1. The number of rotatable bonds is 6. The van der Waals surface area contributed by atoms with Gasteiger partial charge in [-0.1, -0.05) is 57.5 Å². The topological polar surface area (TPSA) is 3.24 Å². The fourth-order valence-corrected chi connectivity index (χ4v) is 3.19. The third-order valence-electron chi connectivity index (χ3n) is 3.81. The van der Waals surface area contributed by atoms with Gasteiger partial charge >= 0.3 is 0 Å². The van der Waals surface area contributed by atoms with Gasteiger partial charge in [-0.15, -0.1) is 0 Å². The number of aryl methyl sites for hydroxylation is 1. The Morgan fingerprint density at radius 1 is 0.950 bits per heavy atom. The summed E-state index contributed by atoms with van der Waals surface area (Å²) in [5.41, 5.74) is 3.36. The summed E-state index contributed by atoms with van der Waals surface area (Å²) in [6, 6.07) is 8.97. The van der Waals surface area contributed by atoms with Gasteiger partial charge in [-0.25, -0.2) is 0 Å². The maximum absolute atomic E-state index is 2.64. The quantitative estimate of drug-likeness (QED) is 0.670. The molecule has 0 bridgehead atoms.